The van der Waals surface area contributed by atoms with Gasteiger partial charge in [-0.25, -0.2) is 9.37 Å². The fourth-order valence-electron chi connectivity index (χ4n) is 3.16. The lowest BCUT2D eigenvalue weighted by Crippen LogP contribution is -2.37. The summed E-state index contributed by atoms with van der Waals surface area (Å²) in [6.45, 7) is 6.82. The number of ether oxygens (including phenoxy) is 1. The molecule has 1 aliphatic rings. The van der Waals surface area contributed by atoms with Crippen molar-refractivity contribution in [2.24, 2.45) is 5.92 Å². The number of benzene rings is 1. The molecule has 124 valence electrons. The first kappa shape index (κ1) is 16.0. The minimum absolute atomic E-state index is 0.229. The number of nitrogens with zero attached hydrogens (tertiary/aromatic N) is 3. The summed E-state index contributed by atoms with van der Waals surface area (Å²) in [6, 6.07) is 6.25. The molecule has 0 N–H and O–H groups in total. The van der Waals surface area contributed by atoms with Gasteiger partial charge in [0.15, 0.2) is 0 Å². The van der Waals surface area contributed by atoms with Crippen molar-refractivity contribution in [2.75, 3.05) is 19.7 Å². The minimum Gasteiger partial charge on any atom is -0.493 e. The number of imidazole rings is 1. The molecule has 1 saturated heterocycles. The molecule has 1 aliphatic heterocycles. The average molecular weight is 317 g/mol. The number of hydrogen-bond donors (Lipinski definition) is 0. The van der Waals surface area contributed by atoms with Gasteiger partial charge in [0.25, 0.3) is 0 Å². The van der Waals surface area contributed by atoms with Gasteiger partial charge in [0.05, 0.1) is 13.2 Å². The predicted octanol–water partition coefficient (Wildman–Crippen LogP) is 3.33. The number of likely N-dealkylation sites (tertiary alicyclic amines) is 1. The zero-order valence-corrected chi connectivity index (χ0v) is 13.6. The molecular formula is C18H24FN3O. The maximum absolute atomic E-state index is 12.9. The predicted molar refractivity (Wildman–Crippen MR) is 87.8 cm³/mol. The molecule has 0 radical (unpaired) electrons. The number of aromatic nitrogens is 2. The second-order valence-corrected chi connectivity index (χ2v) is 6.14. The molecule has 5 heteroatoms. The highest BCUT2D eigenvalue weighted by molar-refractivity contribution is 5.22. The van der Waals surface area contributed by atoms with E-state index in [1.165, 1.54) is 25.0 Å². The van der Waals surface area contributed by atoms with Gasteiger partial charge in [0.2, 0.25) is 0 Å². The van der Waals surface area contributed by atoms with E-state index in [1.807, 2.05) is 12.4 Å². The van der Waals surface area contributed by atoms with E-state index in [0.29, 0.717) is 12.5 Å². The van der Waals surface area contributed by atoms with Crippen LogP contribution in [-0.2, 0) is 13.1 Å². The zero-order chi connectivity index (χ0) is 16.1. The summed E-state index contributed by atoms with van der Waals surface area (Å²) in [7, 11) is 0. The van der Waals surface area contributed by atoms with Crippen molar-refractivity contribution in [1.29, 1.82) is 0 Å². The maximum Gasteiger partial charge on any atom is 0.123 e. The molecule has 0 unspecified atom stereocenters. The molecule has 1 fully saturated rings. The Hall–Kier alpha value is -1.88. The third-order valence-electron chi connectivity index (χ3n) is 4.41. The highest BCUT2D eigenvalue weighted by Gasteiger charge is 2.21. The largest absolute Gasteiger partial charge is 0.493 e. The summed E-state index contributed by atoms with van der Waals surface area (Å²) in [5.74, 6) is 2.16. The summed E-state index contributed by atoms with van der Waals surface area (Å²) in [5, 5.41) is 0. The number of rotatable bonds is 6. The van der Waals surface area contributed by atoms with E-state index in [2.05, 4.69) is 21.4 Å². The standard InChI is InChI=1S/C18H24FN3O/c1-2-22-11-9-20-18(22)13-21-10-3-4-15(12-21)14-23-17-7-5-16(19)6-8-17/h5-9,11,15H,2-4,10,12-14H2,1H3/t15-/m0/s1. The first-order chi connectivity index (χ1) is 11.2. The third kappa shape index (κ3) is 4.32. The number of halogens is 1. The van der Waals surface area contributed by atoms with E-state index >= 15 is 0 Å². The summed E-state index contributed by atoms with van der Waals surface area (Å²) >= 11 is 0. The molecule has 0 saturated carbocycles. The van der Waals surface area contributed by atoms with Crippen molar-refractivity contribution in [3.63, 3.8) is 0 Å². The molecule has 3 rings (SSSR count). The average Bonchev–Trinajstić information content (AvgIpc) is 3.02. The molecule has 4 nitrogen and oxygen atoms in total. The highest BCUT2D eigenvalue weighted by Crippen LogP contribution is 2.20. The van der Waals surface area contributed by atoms with Gasteiger partial charge in [-0.3, -0.25) is 4.90 Å². The first-order valence-corrected chi connectivity index (χ1v) is 8.35. The summed E-state index contributed by atoms with van der Waals surface area (Å²) in [4.78, 5) is 6.92. The Morgan fingerprint density at radius 2 is 2.13 bits per heavy atom. The van der Waals surface area contributed by atoms with Crippen LogP contribution in [0, 0.1) is 11.7 Å². The van der Waals surface area contributed by atoms with Crippen molar-refractivity contribution in [3.05, 3.63) is 48.3 Å². The zero-order valence-electron chi connectivity index (χ0n) is 13.6. The van der Waals surface area contributed by atoms with Crippen LogP contribution in [0.2, 0.25) is 0 Å². The Balaban J connectivity index is 1.51. The van der Waals surface area contributed by atoms with Gasteiger partial charge in [-0.1, -0.05) is 0 Å². The number of aryl methyl sites for hydroxylation is 1. The molecule has 2 aromatic rings. The molecule has 1 aromatic carbocycles. The Labute approximate surface area is 136 Å². The van der Waals surface area contributed by atoms with E-state index in [1.54, 1.807) is 12.1 Å². The second kappa shape index (κ2) is 7.59. The quantitative estimate of drug-likeness (QED) is 0.818. The molecule has 1 aromatic heterocycles. The van der Waals surface area contributed by atoms with E-state index in [0.717, 1.165) is 37.8 Å². The monoisotopic (exact) mass is 317 g/mol. The van der Waals surface area contributed by atoms with E-state index in [-0.39, 0.29) is 5.82 Å². The Morgan fingerprint density at radius 3 is 2.91 bits per heavy atom. The van der Waals surface area contributed by atoms with Crippen LogP contribution in [0.1, 0.15) is 25.6 Å². The minimum atomic E-state index is -0.229. The lowest BCUT2D eigenvalue weighted by atomic mass is 9.99. The van der Waals surface area contributed by atoms with Crippen LogP contribution in [-0.4, -0.2) is 34.1 Å². The lowest BCUT2D eigenvalue weighted by molar-refractivity contribution is 0.122. The fourth-order valence-corrected chi connectivity index (χ4v) is 3.16. The van der Waals surface area contributed by atoms with Crippen LogP contribution < -0.4 is 4.74 Å². The molecular weight excluding hydrogens is 293 g/mol. The maximum atomic E-state index is 12.9. The molecule has 1 atom stereocenters. The molecule has 0 spiro atoms. The second-order valence-electron chi connectivity index (χ2n) is 6.14. The first-order valence-electron chi connectivity index (χ1n) is 8.35. The van der Waals surface area contributed by atoms with Crippen LogP contribution in [0.5, 0.6) is 5.75 Å². The van der Waals surface area contributed by atoms with Crippen LogP contribution in [0.3, 0.4) is 0 Å². The molecule has 23 heavy (non-hydrogen) atoms. The van der Waals surface area contributed by atoms with Crippen LogP contribution >= 0.6 is 0 Å². The van der Waals surface area contributed by atoms with E-state index < -0.39 is 0 Å². The lowest BCUT2D eigenvalue weighted by Gasteiger charge is -2.32. The van der Waals surface area contributed by atoms with E-state index in [4.69, 9.17) is 4.74 Å². The van der Waals surface area contributed by atoms with Crippen LogP contribution in [0.15, 0.2) is 36.7 Å². The summed E-state index contributed by atoms with van der Waals surface area (Å²) in [6.07, 6.45) is 6.27. The fraction of sp³-hybridized carbons (Fsp3) is 0.500. The van der Waals surface area contributed by atoms with Crippen molar-refractivity contribution < 1.29 is 9.13 Å². The summed E-state index contributed by atoms with van der Waals surface area (Å²) < 4.78 is 20.9. The Morgan fingerprint density at radius 1 is 1.30 bits per heavy atom. The van der Waals surface area contributed by atoms with Gasteiger partial charge in [-0.05, 0) is 50.6 Å². The van der Waals surface area contributed by atoms with Gasteiger partial charge in [0, 0.05) is 31.4 Å². The van der Waals surface area contributed by atoms with Gasteiger partial charge >= 0.3 is 0 Å². The number of hydrogen-bond acceptors (Lipinski definition) is 3. The molecule has 2 heterocycles. The normalized spacial score (nSPS) is 19.0. The smallest absolute Gasteiger partial charge is 0.123 e. The van der Waals surface area contributed by atoms with Gasteiger partial charge in [0.1, 0.15) is 17.4 Å². The highest BCUT2D eigenvalue weighted by atomic mass is 19.1. The van der Waals surface area contributed by atoms with Crippen molar-refractivity contribution >= 4 is 0 Å². The topological polar surface area (TPSA) is 30.3 Å². The van der Waals surface area contributed by atoms with Crippen molar-refractivity contribution in [1.82, 2.24) is 14.5 Å². The van der Waals surface area contributed by atoms with E-state index in [9.17, 15) is 4.39 Å². The van der Waals surface area contributed by atoms with Crippen LogP contribution in [0.25, 0.3) is 0 Å². The Kier molecular flexibility index (Phi) is 5.28. The van der Waals surface area contributed by atoms with Gasteiger partial charge in [-0.2, -0.15) is 0 Å². The van der Waals surface area contributed by atoms with Crippen molar-refractivity contribution in [2.45, 2.75) is 32.9 Å². The molecule has 0 aliphatic carbocycles. The van der Waals surface area contributed by atoms with Crippen molar-refractivity contribution in [3.8, 4) is 5.75 Å². The number of piperidine rings is 1. The SMILES string of the molecule is CCn1ccnc1CN1CCC[C@H](COc2ccc(F)cc2)C1. The third-order valence-corrected chi connectivity index (χ3v) is 4.41. The van der Waals surface area contributed by atoms with Gasteiger partial charge in [-0.15, -0.1) is 0 Å². The van der Waals surface area contributed by atoms with Gasteiger partial charge < -0.3 is 9.30 Å². The van der Waals surface area contributed by atoms with Crippen LogP contribution in [0.4, 0.5) is 4.39 Å². The molecule has 0 amide bonds. The summed E-state index contributed by atoms with van der Waals surface area (Å²) in [5.41, 5.74) is 0. The molecule has 0 bridgehead atoms. The Bertz CT molecular complexity index is 611.